The molecule has 1 aromatic rings. The molecule has 0 aliphatic carbocycles. The Morgan fingerprint density at radius 1 is 1.04 bits per heavy atom. The minimum atomic E-state index is -0.278. The minimum absolute atomic E-state index is 0.0302. The topological polar surface area (TPSA) is 91.2 Å². The molecule has 0 spiro atoms. The summed E-state index contributed by atoms with van der Waals surface area (Å²) >= 11 is 0. The van der Waals surface area contributed by atoms with Gasteiger partial charge in [0.1, 0.15) is 18.8 Å². The first-order chi connectivity index (χ1) is 12.2. The molecular formula is C19H31N3O4. The molecule has 146 valence electrons. The first kappa shape index (κ1) is 22.2. The molecule has 0 amide bonds. The van der Waals surface area contributed by atoms with E-state index in [1.165, 1.54) is 17.8 Å². The summed E-state index contributed by atoms with van der Waals surface area (Å²) in [6.45, 7) is 7.60. The van der Waals surface area contributed by atoms with Crippen molar-refractivity contribution in [3.63, 3.8) is 0 Å². The molecule has 0 aromatic carbocycles. The highest BCUT2D eigenvalue weighted by Crippen LogP contribution is 2.11. The molecule has 0 aliphatic rings. The molecule has 0 N–H and O–H groups in total. The van der Waals surface area contributed by atoms with Crippen LogP contribution < -0.4 is 0 Å². The van der Waals surface area contributed by atoms with Gasteiger partial charge in [-0.1, -0.05) is 24.5 Å². The van der Waals surface area contributed by atoms with Crippen molar-refractivity contribution in [3.05, 3.63) is 11.9 Å². The van der Waals surface area contributed by atoms with Crippen LogP contribution in [-0.2, 0) is 20.9 Å². The van der Waals surface area contributed by atoms with Crippen molar-refractivity contribution in [3.8, 4) is 0 Å². The molecule has 7 heteroatoms. The second-order valence-electron chi connectivity index (χ2n) is 7.63. The maximum absolute atomic E-state index is 12.0. The second-order valence-corrected chi connectivity index (χ2v) is 7.63. The van der Waals surface area contributed by atoms with Crippen LogP contribution in [0, 0.1) is 0 Å². The van der Waals surface area contributed by atoms with E-state index in [0.717, 1.165) is 32.1 Å². The van der Waals surface area contributed by atoms with Crippen molar-refractivity contribution in [1.29, 1.82) is 0 Å². The second kappa shape index (κ2) is 11.0. The van der Waals surface area contributed by atoms with Gasteiger partial charge in [-0.05, 0) is 40.5 Å². The number of Topliss-reactive ketones (excluding diaryl/α,β-unsaturated/α-hetero) is 3. The zero-order valence-electron chi connectivity index (χ0n) is 16.4. The molecule has 1 heterocycles. The van der Waals surface area contributed by atoms with E-state index in [2.05, 4.69) is 10.3 Å². The smallest absolute Gasteiger partial charge is 0.184 e. The molecule has 0 saturated carbocycles. The fourth-order valence-corrected chi connectivity index (χ4v) is 2.37. The average molecular weight is 365 g/mol. The number of ketones is 3. The van der Waals surface area contributed by atoms with Gasteiger partial charge >= 0.3 is 0 Å². The van der Waals surface area contributed by atoms with Gasteiger partial charge < -0.3 is 4.74 Å². The average Bonchev–Trinajstić information content (AvgIpc) is 2.99. The van der Waals surface area contributed by atoms with Crippen LogP contribution in [-0.4, -0.2) is 44.6 Å². The van der Waals surface area contributed by atoms with Crippen LogP contribution in [0.1, 0.15) is 83.1 Å². The number of carbonyl (C=O) groups is 3. The SMILES string of the molecule is CC(=O)Cn1cc(C(=O)CCCCCCCC(=O)COC(C)(C)C)nn1. The summed E-state index contributed by atoms with van der Waals surface area (Å²) in [5.41, 5.74) is 0.0373. The Kier molecular flexibility index (Phi) is 9.34. The normalized spacial score (nSPS) is 11.5. The van der Waals surface area contributed by atoms with Crippen LogP contribution in [0.15, 0.2) is 6.20 Å². The zero-order valence-corrected chi connectivity index (χ0v) is 16.4. The molecule has 0 fully saturated rings. The number of nitrogens with zero attached hydrogens (tertiary/aromatic N) is 3. The quantitative estimate of drug-likeness (QED) is 0.394. The maximum atomic E-state index is 12.0. The van der Waals surface area contributed by atoms with Crippen LogP contribution in [0.4, 0.5) is 0 Å². The van der Waals surface area contributed by atoms with Crippen LogP contribution in [0.25, 0.3) is 0 Å². The summed E-state index contributed by atoms with van der Waals surface area (Å²) in [4.78, 5) is 34.7. The van der Waals surface area contributed by atoms with E-state index in [-0.39, 0.29) is 36.1 Å². The van der Waals surface area contributed by atoms with Crippen molar-refractivity contribution in [2.24, 2.45) is 0 Å². The Labute approximate surface area is 155 Å². The highest BCUT2D eigenvalue weighted by atomic mass is 16.5. The summed E-state index contributed by atoms with van der Waals surface area (Å²) in [5, 5.41) is 7.59. The van der Waals surface area contributed by atoms with Gasteiger partial charge in [0, 0.05) is 12.8 Å². The summed E-state index contributed by atoms with van der Waals surface area (Å²) < 4.78 is 6.84. The summed E-state index contributed by atoms with van der Waals surface area (Å²) in [6.07, 6.45) is 7.07. The van der Waals surface area contributed by atoms with Gasteiger partial charge in [-0.3, -0.25) is 14.4 Å². The van der Waals surface area contributed by atoms with Gasteiger partial charge in [-0.15, -0.1) is 5.10 Å². The van der Waals surface area contributed by atoms with Crippen molar-refractivity contribution >= 4 is 17.3 Å². The van der Waals surface area contributed by atoms with Gasteiger partial charge in [0.05, 0.1) is 11.8 Å². The Bertz CT molecular complexity index is 602. The fraction of sp³-hybridized carbons (Fsp3) is 0.737. The van der Waals surface area contributed by atoms with E-state index < -0.39 is 0 Å². The van der Waals surface area contributed by atoms with Crippen molar-refractivity contribution in [1.82, 2.24) is 15.0 Å². The molecule has 0 aliphatic heterocycles. The Hall–Kier alpha value is -1.89. The minimum Gasteiger partial charge on any atom is -0.368 e. The largest absolute Gasteiger partial charge is 0.368 e. The van der Waals surface area contributed by atoms with Crippen LogP contribution >= 0.6 is 0 Å². The first-order valence-corrected chi connectivity index (χ1v) is 9.26. The predicted molar refractivity (Wildman–Crippen MR) is 98.1 cm³/mol. The molecule has 0 atom stereocenters. The Balaban J connectivity index is 2.08. The number of unbranched alkanes of at least 4 members (excludes halogenated alkanes) is 4. The molecule has 1 aromatic heterocycles. The third-order valence-electron chi connectivity index (χ3n) is 3.73. The molecule has 1 rings (SSSR count). The molecular weight excluding hydrogens is 334 g/mol. The monoisotopic (exact) mass is 365 g/mol. The standard InChI is InChI=1S/C19H31N3O4/c1-15(23)12-22-13-17(20-21-22)18(25)11-9-7-5-6-8-10-16(24)14-26-19(2,3)4/h13H,5-12,14H2,1-4H3. The van der Waals surface area contributed by atoms with E-state index >= 15 is 0 Å². The highest BCUT2D eigenvalue weighted by Gasteiger charge is 2.13. The summed E-state index contributed by atoms with van der Waals surface area (Å²) in [6, 6.07) is 0. The van der Waals surface area contributed by atoms with E-state index in [1.54, 1.807) is 0 Å². The zero-order chi connectivity index (χ0) is 19.6. The lowest BCUT2D eigenvalue weighted by atomic mass is 10.1. The van der Waals surface area contributed by atoms with E-state index in [9.17, 15) is 14.4 Å². The number of carbonyl (C=O) groups excluding carboxylic acids is 3. The molecule has 0 unspecified atom stereocenters. The lowest BCUT2D eigenvalue weighted by Gasteiger charge is -2.18. The number of rotatable bonds is 13. The van der Waals surface area contributed by atoms with Crippen molar-refractivity contribution in [2.75, 3.05) is 6.61 Å². The van der Waals surface area contributed by atoms with Crippen LogP contribution in [0.2, 0.25) is 0 Å². The van der Waals surface area contributed by atoms with E-state index in [0.29, 0.717) is 18.5 Å². The summed E-state index contributed by atoms with van der Waals surface area (Å²) in [7, 11) is 0. The third-order valence-corrected chi connectivity index (χ3v) is 3.73. The van der Waals surface area contributed by atoms with Crippen molar-refractivity contribution < 1.29 is 19.1 Å². The first-order valence-electron chi connectivity index (χ1n) is 9.26. The van der Waals surface area contributed by atoms with E-state index in [1.807, 2.05) is 20.8 Å². The molecule has 0 saturated heterocycles. The lowest BCUT2D eigenvalue weighted by molar-refractivity contribution is -0.128. The number of hydrogen-bond acceptors (Lipinski definition) is 6. The van der Waals surface area contributed by atoms with Gasteiger partial charge in [-0.2, -0.15) is 0 Å². The van der Waals surface area contributed by atoms with Gasteiger partial charge in [-0.25, -0.2) is 4.68 Å². The van der Waals surface area contributed by atoms with Gasteiger partial charge in [0.2, 0.25) is 0 Å². The van der Waals surface area contributed by atoms with Gasteiger partial charge in [0.15, 0.2) is 17.3 Å². The third kappa shape index (κ3) is 10.2. The number of hydrogen-bond donors (Lipinski definition) is 0. The fourth-order valence-electron chi connectivity index (χ4n) is 2.37. The molecule has 7 nitrogen and oxygen atoms in total. The molecule has 26 heavy (non-hydrogen) atoms. The van der Waals surface area contributed by atoms with Crippen molar-refractivity contribution in [2.45, 2.75) is 84.8 Å². The lowest BCUT2D eigenvalue weighted by Crippen LogP contribution is -2.23. The van der Waals surface area contributed by atoms with Crippen LogP contribution in [0.3, 0.4) is 0 Å². The molecule has 0 bridgehead atoms. The highest BCUT2D eigenvalue weighted by molar-refractivity contribution is 5.93. The summed E-state index contributed by atoms with van der Waals surface area (Å²) in [5.74, 6) is 0.0652. The number of aromatic nitrogens is 3. The van der Waals surface area contributed by atoms with Gasteiger partial charge in [0.25, 0.3) is 0 Å². The van der Waals surface area contributed by atoms with Crippen LogP contribution in [0.5, 0.6) is 0 Å². The molecule has 0 radical (unpaired) electrons. The Morgan fingerprint density at radius 3 is 2.27 bits per heavy atom. The predicted octanol–water partition coefficient (Wildman–Crippen LogP) is 3.16. The van der Waals surface area contributed by atoms with E-state index in [4.69, 9.17) is 4.74 Å². The Morgan fingerprint density at radius 2 is 1.65 bits per heavy atom. The maximum Gasteiger partial charge on any atom is 0.184 e. The number of ether oxygens (including phenoxy) is 1.